The molecule has 0 aliphatic carbocycles. The zero-order valence-corrected chi connectivity index (χ0v) is 15.2. The number of likely N-dealkylation sites (tertiary alicyclic amines) is 1. The summed E-state index contributed by atoms with van der Waals surface area (Å²) in [5.74, 6) is 1.46. The predicted octanol–water partition coefficient (Wildman–Crippen LogP) is 3.24. The molecule has 0 unspecified atom stereocenters. The highest BCUT2D eigenvalue weighted by molar-refractivity contribution is 7.99. The number of nitrogens with zero attached hydrogens (tertiary/aromatic N) is 4. The second-order valence-corrected chi connectivity index (χ2v) is 7.06. The fraction of sp³-hybridized carbons (Fsp3) is 0.500. The first-order valence-electron chi connectivity index (χ1n) is 8.61. The highest BCUT2D eigenvalue weighted by Crippen LogP contribution is 2.23. The number of piperidine rings is 1. The van der Waals surface area contributed by atoms with E-state index in [2.05, 4.69) is 41.4 Å². The molecule has 0 saturated carbocycles. The lowest BCUT2D eigenvalue weighted by Crippen LogP contribution is -2.36. The van der Waals surface area contributed by atoms with Crippen molar-refractivity contribution in [2.75, 3.05) is 18.8 Å². The van der Waals surface area contributed by atoms with Crippen LogP contribution in [0.4, 0.5) is 0 Å². The first kappa shape index (κ1) is 17.0. The van der Waals surface area contributed by atoms with Crippen LogP contribution < -0.4 is 0 Å². The lowest BCUT2D eigenvalue weighted by Gasteiger charge is -2.26. The van der Waals surface area contributed by atoms with Crippen LogP contribution in [0.15, 0.2) is 29.4 Å². The highest BCUT2D eigenvalue weighted by Gasteiger charge is 2.18. The van der Waals surface area contributed by atoms with Crippen molar-refractivity contribution in [3.05, 3.63) is 35.7 Å². The van der Waals surface area contributed by atoms with Crippen LogP contribution in [0.2, 0.25) is 0 Å². The third-order valence-electron chi connectivity index (χ3n) is 4.43. The maximum absolute atomic E-state index is 12.4. The van der Waals surface area contributed by atoms with Gasteiger partial charge in [0.15, 0.2) is 5.16 Å². The van der Waals surface area contributed by atoms with Crippen LogP contribution in [0.1, 0.15) is 37.6 Å². The maximum Gasteiger partial charge on any atom is 0.233 e. The molecule has 1 aromatic carbocycles. The summed E-state index contributed by atoms with van der Waals surface area (Å²) in [5.41, 5.74) is 2.35. The van der Waals surface area contributed by atoms with Gasteiger partial charge in [-0.05, 0) is 50.3 Å². The summed E-state index contributed by atoms with van der Waals surface area (Å²) in [5, 5.41) is 9.23. The van der Waals surface area contributed by atoms with Crippen LogP contribution >= 0.6 is 11.8 Å². The van der Waals surface area contributed by atoms with Crippen molar-refractivity contribution in [1.29, 1.82) is 0 Å². The van der Waals surface area contributed by atoms with Crippen molar-refractivity contribution in [3.63, 3.8) is 0 Å². The Morgan fingerprint density at radius 2 is 1.83 bits per heavy atom. The SMILES string of the molecule is CCc1ccc(-n2c(C)nnc2SCC(=O)N2CCCCC2)cc1. The van der Waals surface area contributed by atoms with E-state index in [0.29, 0.717) is 5.75 Å². The quantitative estimate of drug-likeness (QED) is 0.781. The van der Waals surface area contributed by atoms with E-state index >= 15 is 0 Å². The van der Waals surface area contributed by atoms with Gasteiger partial charge in [0.25, 0.3) is 0 Å². The Bertz CT molecular complexity index is 690. The first-order chi connectivity index (χ1) is 11.7. The first-order valence-corrected chi connectivity index (χ1v) is 9.59. The largest absolute Gasteiger partial charge is 0.342 e. The number of carbonyl (C=O) groups excluding carboxylic acids is 1. The van der Waals surface area contributed by atoms with E-state index in [-0.39, 0.29) is 5.91 Å². The molecule has 1 aliphatic heterocycles. The molecule has 128 valence electrons. The molecule has 2 aromatic rings. The van der Waals surface area contributed by atoms with E-state index in [4.69, 9.17) is 0 Å². The van der Waals surface area contributed by atoms with Crippen molar-refractivity contribution in [1.82, 2.24) is 19.7 Å². The molecule has 1 aliphatic rings. The molecular weight excluding hydrogens is 320 g/mol. The van der Waals surface area contributed by atoms with Gasteiger partial charge in [-0.25, -0.2) is 0 Å². The van der Waals surface area contributed by atoms with Gasteiger partial charge in [0, 0.05) is 18.8 Å². The number of thioether (sulfide) groups is 1. The molecule has 0 N–H and O–H groups in total. The number of amides is 1. The second-order valence-electron chi connectivity index (χ2n) is 6.12. The minimum absolute atomic E-state index is 0.202. The molecule has 5 nitrogen and oxygen atoms in total. The molecule has 0 radical (unpaired) electrons. The number of aryl methyl sites for hydroxylation is 2. The van der Waals surface area contributed by atoms with E-state index in [1.165, 1.54) is 23.7 Å². The van der Waals surface area contributed by atoms with Gasteiger partial charge in [-0.15, -0.1) is 10.2 Å². The smallest absolute Gasteiger partial charge is 0.233 e. The summed E-state index contributed by atoms with van der Waals surface area (Å²) < 4.78 is 2.02. The molecule has 1 saturated heterocycles. The number of benzene rings is 1. The van der Waals surface area contributed by atoms with Crippen molar-refractivity contribution in [2.24, 2.45) is 0 Å². The maximum atomic E-state index is 12.4. The Labute approximate surface area is 147 Å². The predicted molar refractivity (Wildman–Crippen MR) is 96.6 cm³/mol. The number of rotatable bonds is 5. The fourth-order valence-electron chi connectivity index (χ4n) is 2.98. The number of hydrogen-bond donors (Lipinski definition) is 0. The average molecular weight is 344 g/mol. The monoisotopic (exact) mass is 344 g/mol. The normalized spacial score (nSPS) is 14.8. The van der Waals surface area contributed by atoms with Gasteiger partial charge in [0.1, 0.15) is 5.82 Å². The van der Waals surface area contributed by atoms with E-state index in [9.17, 15) is 4.79 Å². The number of hydrogen-bond acceptors (Lipinski definition) is 4. The Hall–Kier alpha value is -1.82. The van der Waals surface area contributed by atoms with E-state index in [0.717, 1.165) is 49.0 Å². The zero-order chi connectivity index (χ0) is 16.9. The summed E-state index contributed by atoms with van der Waals surface area (Å²) in [6.07, 6.45) is 4.50. The van der Waals surface area contributed by atoms with Gasteiger partial charge in [0.05, 0.1) is 5.75 Å². The molecule has 1 amide bonds. The number of aromatic nitrogens is 3. The summed E-state index contributed by atoms with van der Waals surface area (Å²) in [6.45, 7) is 5.87. The molecule has 0 atom stereocenters. The van der Waals surface area contributed by atoms with E-state index in [1.54, 1.807) is 0 Å². The molecule has 3 rings (SSSR count). The van der Waals surface area contributed by atoms with Crippen LogP contribution in [-0.2, 0) is 11.2 Å². The lowest BCUT2D eigenvalue weighted by molar-refractivity contribution is -0.129. The van der Waals surface area contributed by atoms with Gasteiger partial charge in [0.2, 0.25) is 5.91 Å². The molecule has 24 heavy (non-hydrogen) atoms. The topological polar surface area (TPSA) is 51.0 Å². The third kappa shape index (κ3) is 3.80. The van der Waals surface area contributed by atoms with Gasteiger partial charge < -0.3 is 4.90 Å². The minimum atomic E-state index is 0.202. The molecule has 0 bridgehead atoms. The molecule has 1 fully saturated rings. The Morgan fingerprint density at radius 1 is 1.12 bits per heavy atom. The second kappa shape index (κ2) is 7.83. The summed E-state index contributed by atoms with van der Waals surface area (Å²) >= 11 is 1.47. The average Bonchev–Trinajstić information content (AvgIpc) is 3.01. The summed E-state index contributed by atoms with van der Waals surface area (Å²) in [6, 6.07) is 8.43. The van der Waals surface area contributed by atoms with Crippen molar-refractivity contribution < 1.29 is 4.79 Å². The van der Waals surface area contributed by atoms with Crippen LogP contribution in [0, 0.1) is 6.92 Å². The summed E-state index contributed by atoms with van der Waals surface area (Å²) in [7, 11) is 0. The van der Waals surface area contributed by atoms with E-state index in [1.807, 2.05) is 16.4 Å². The number of carbonyl (C=O) groups is 1. The van der Waals surface area contributed by atoms with Crippen LogP contribution in [-0.4, -0.2) is 44.4 Å². The standard InChI is InChI=1S/C18H24N4OS/c1-3-15-7-9-16(10-8-15)22-14(2)19-20-18(22)24-13-17(23)21-11-5-4-6-12-21/h7-10H,3-6,11-13H2,1-2H3. The van der Waals surface area contributed by atoms with Crippen LogP contribution in [0.25, 0.3) is 5.69 Å². The van der Waals surface area contributed by atoms with Crippen molar-refractivity contribution >= 4 is 17.7 Å². The van der Waals surface area contributed by atoms with Gasteiger partial charge in [-0.3, -0.25) is 9.36 Å². The molecule has 0 spiro atoms. The summed E-state index contributed by atoms with van der Waals surface area (Å²) in [4.78, 5) is 14.3. The Balaban J connectivity index is 1.71. The minimum Gasteiger partial charge on any atom is -0.342 e. The van der Waals surface area contributed by atoms with Gasteiger partial charge in [-0.2, -0.15) is 0 Å². The lowest BCUT2D eigenvalue weighted by atomic mass is 10.1. The third-order valence-corrected chi connectivity index (χ3v) is 5.35. The fourth-order valence-corrected chi connectivity index (χ4v) is 3.88. The Kier molecular flexibility index (Phi) is 5.56. The van der Waals surface area contributed by atoms with Crippen molar-refractivity contribution in [2.45, 2.75) is 44.7 Å². The Morgan fingerprint density at radius 3 is 2.50 bits per heavy atom. The molecule has 6 heteroatoms. The molecular formula is C18H24N4OS. The van der Waals surface area contributed by atoms with Crippen LogP contribution in [0.5, 0.6) is 0 Å². The highest BCUT2D eigenvalue weighted by atomic mass is 32.2. The van der Waals surface area contributed by atoms with E-state index < -0.39 is 0 Å². The zero-order valence-electron chi connectivity index (χ0n) is 14.4. The van der Waals surface area contributed by atoms with Crippen LogP contribution in [0.3, 0.4) is 0 Å². The molecule has 1 aromatic heterocycles. The van der Waals surface area contributed by atoms with Gasteiger partial charge >= 0.3 is 0 Å². The molecule has 2 heterocycles. The van der Waals surface area contributed by atoms with Gasteiger partial charge in [-0.1, -0.05) is 30.8 Å². The van der Waals surface area contributed by atoms with Crippen molar-refractivity contribution in [3.8, 4) is 5.69 Å².